The van der Waals surface area contributed by atoms with E-state index >= 15 is 0 Å². The van der Waals surface area contributed by atoms with E-state index in [0.29, 0.717) is 5.69 Å². The molecular weight excluding hydrogens is 291 g/mol. The van der Waals surface area contributed by atoms with Crippen LogP contribution in [0.4, 0.5) is 15.8 Å². The monoisotopic (exact) mass is 302 g/mol. The van der Waals surface area contributed by atoms with Gasteiger partial charge in [-0.2, -0.15) is 0 Å². The summed E-state index contributed by atoms with van der Waals surface area (Å²) in [6, 6.07) is 2.37. The lowest BCUT2D eigenvalue weighted by Crippen LogP contribution is -2.41. The van der Waals surface area contributed by atoms with E-state index < -0.39 is 10.7 Å². The van der Waals surface area contributed by atoms with Gasteiger partial charge in [0.2, 0.25) is 0 Å². The van der Waals surface area contributed by atoms with Gasteiger partial charge in [0.25, 0.3) is 5.69 Å². The molecule has 1 saturated carbocycles. The molecule has 0 saturated heterocycles. The van der Waals surface area contributed by atoms with Crippen LogP contribution in [0.25, 0.3) is 0 Å². The van der Waals surface area contributed by atoms with Gasteiger partial charge in [0.1, 0.15) is 11.5 Å². The molecule has 0 heterocycles. The first kappa shape index (κ1) is 12.3. The van der Waals surface area contributed by atoms with Gasteiger partial charge >= 0.3 is 0 Å². The third-order valence-corrected chi connectivity index (χ3v) is 3.74. The van der Waals surface area contributed by atoms with Crippen molar-refractivity contribution < 1.29 is 9.31 Å². The third kappa shape index (κ3) is 2.41. The van der Waals surface area contributed by atoms with Crippen molar-refractivity contribution in [2.45, 2.75) is 31.7 Å². The molecule has 0 unspecified atom stereocenters. The van der Waals surface area contributed by atoms with Crippen molar-refractivity contribution in [2.75, 3.05) is 5.32 Å². The molecule has 0 radical (unpaired) electrons. The second-order valence-electron chi connectivity index (χ2n) is 4.58. The van der Waals surface area contributed by atoms with E-state index in [0.717, 1.165) is 25.3 Å². The van der Waals surface area contributed by atoms with Crippen LogP contribution in [0.15, 0.2) is 16.6 Å². The summed E-state index contributed by atoms with van der Waals surface area (Å²) in [6.07, 6.45) is 3.05. The number of rotatable bonds is 3. The molecule has 0 aromatic heterocycles. The highest BCUT2D eigenvalue weighted by molar-refractivity contribution is 9.10. The molecule has 4 nitrogen and oxygen atoms in total. The first-order chi connectivity index (χ1) is 7.91. The molecule has 17 heavy (non-hydrogen) atoms. The number of hydrogen-bond donors (Lipinski definition) is 1. The number of nitro benzene ring substituents is 1. The molecular formula is C11H12BrFN2O2. The molecule has 1 aromatic carbocycles. The average Bonchev–Trinajstić information content (AvgIpc) is 2.20. The highest BCUT2D eigenvalue weighted by atomic mass is 79.9. The average molecular weight is 303 g/mol. The fraction of sp³-hybridized carbons (Fsp3) is 0.455. The molecule has 1 aliphatic rings. The fourth-order valence-corrected chi connectivity index (χ4v) is 2.29. The Hall–Kier alpha value is -1.17. The van der Waals surface area contributed by atoms with E-state index in [9.17, 15) is 14.5 Å². The molecule has 1 N–H and O–H groups in total. The number of halogens is 2. The normalized spacial score (nSPS) is 17.4. The maximum atomic E-state index is 13.3. The van der Waals surface area contributed by atoms with Gasteiger partial charge in [0.15, 0.2) is 0 Å². The first-order valence-corrected chi connectivity index (χ1v) is 6.12. The maximum Gasteiger partial charge on any atom is 0.295 e. The zero-order valence-corrected chi connectivity index (χ0v) is 10.9. The molecule has 0 aliphatic heterocycles. The van der Waals surface area contributed by atoms with Crippen LogP contribution in [0, 0.1) is 15.9 Å². The van der Waals surface area contributed by atoms with E-state index in [1.165, 1.54) is 6.07 Å². The van der Waals surface area contributed by atoms with Crippen LogP contribution < -0.4 is 5.32 Å². The summed E-state index contributed by atoms with van der Waals surface area (Å²) in [5.74, 6) is -0.624. The third-order valence-electron chi connectivity index (χ3n) is 3.13. The molecule has 2 rings (SSSR count). The summed E-state index contributed by atoms with van der Waals surface area (Å²) < 4.78 is 13.5. The summed E-state index contributed by atoms with van der Waals surface area (Å²) in [5.41, 5.74) is 0.0338. The largest absolute Gasteiger partial charge is 0.374 e. The van der Waals surface area contributed by atoms with Crippen LogP contribution in [0.3, 0.4) is 0 Å². The highest BCUT2D eigenvalue weighted by Crippen LogP contribution is 2.39. The van der Waals surface area contributed by atoms with Crippen LogP contribution in [-0.4, -0.2) is 10.5 Å². The lowest BCUT2D eigenvalue weighted by molar-refractivity contribution is -0.384. The van der Waals surface area contributed by atoms with Crippen LogP contribution in [0.1, 0.15) is 26.2 Å². The van der Waals surface area contributed by atoms with E-state index in [-0.39, 0.29) is 15.7 Å². The Morgan fingerprint density at radius 3 is 2.65 bits per heavy atom. The lowest BCUT2D eigenvalue weighted by atomic mass is 9.78. The molecule has 1 fully saturated rings. The van der Waals surface area contributed by atoms with Crippen LogP contribution in [0.2, 0.25) is 0 Å². The van der Waals surface area contributed by atoms with Crippen molar-refractivity contribution in [1.82, 2.24) is 0 Å². The molecule has 0 bridgehead atoms. The summed E-state index contributed by atoms with van der Waals surface area (Å²) in [4.78, 5) is 10.3. The molecule has 92 valence electrons. The smallest absolute Gasteiger partial charge is 0.295 e. The van der Waals surface area contributed by atoms with Gasteiger partial charge in [0.05, 0.1) is 15.5 Å². The molecule has 1 aromatic rings. The predicted molar refractivity (Wildman–Crippen MR) is 66.6 cm³/mol. The minimum absolute atomic E-state index is 0.109. The number of benzene rings is 1. The summed E-state index contributed by atoms with van der Waals surface area (Å²) >= 11 is 3.04. The molecule has 6 heteroatoms. The van der Waals surface area contributed by atoms with Crippen LogP contribution in [0.5, 0.6) is 0 Å². The number of anilines is 1. The minimum atomic E-state index is -0.624. The quantitative estimate of drug-likeness (QED) is 0.681. The fourth-order valence-electron chi connectivity index (χ4n) is 1.94. The van der Waals surface area contributed by atoms with Gasteiger partial charge in [-0.1, -0.05) is 0 Å². The van der Waals surface area contributed by atoms with Gasteiger partial charge < -0.3 is 5.32 Å². The summed E-state index contributed by atoms with van der Waals surface area (Å²) in [7, 11) is 0. The van der Waals surface area contributed by atoms with E-state index in [1.54, 1.807) is 0 Å². The Morgan fingerprint density at radius 1 is 1.53 bits per heavy atom. The van der Waals surface area contributed by atoms with Crippen molar-refractivity contribution in [3.63, 3.8) is 0 Å². The van der Waals surface area contributed by atoms with Crippen molar-refractivity contribution in [2.24, 2.45) is 0 Å². The topological polar surface area (TPSA) is 55.2 Å². The van der Waals surface area contributed by atoms with Gasteiger partial charge in [-0.25, -0.2) is 4.39 Å². The Labute approximate surface area is 106 Å². The number of nitrogens with one attached hydrogen (secondary N) is 1. The Balaban J connectivity index is 2.37. The van der Waals surface area contributed by atoms with E-state index in [4.69, 9.17) is 0 Å². The molecule has 0 amide bonds. The van der Waals surface area contributed by atoms with Gasteiger partial charge in [-0.3, -0.25) is 10.1 Å². The van der Waals surface area contributed by atoms with Crippen molar-refractivity contribution in [1.29, 1.82) is 0 Å². The Kier molecular flexibility index (Phi) is 3.07. The van der Waals surface area contributed by atoms with E-state index in [1.807, 2.05) is 6.92 Å². The molecule has 0 atom stereocenters. The second kappa shape index (κ2) is 4.25. The van der Waals surface area contributed by atoms with Gasteiger partial charge in [-0.05, 0) is 48.2 Å². The standard InChI is InChI=1S/C11H12BrFN2O2/c1-11(3-2-4-11)14-9-5-7(12)8(13)6-10(9)15(16)17/h5-6,14H,2-4H2,1H3. The summed E-state index contributed by atoms with van der Waals surface area (Å²) in [6.45, 7) is 2.01. The van der Waals surface area contributed by atoms with Gasteiger partial charge in [-0.15, -0.1) is 0 Å². The highest BCUT2D eigenvalue weighted by Gasteiger charge is 2.33. The Bertz CT molecular complexity index is 475. The number of nitro groups is 1. The SMILES string of the molecule is CC1(Nc2cc(Br)c(F)cc2[N+](=O)[O-])CCC1. The zero-order chi connectivity index (χ0) is 12.6. The maximum absolute atomic E-state index is 13.3. The predicted octanol–water partition coefficient (Wildman–Crippen LogP) is 3.85. The van der Waals surface area contributed by atoms with Crippen LogP contribution in [-0.2, 0) is 0 Å². The van der Waals surface area contributed by atoms with Crippen LogP contribution >= 0.6 is 15.9 Å². The minimum Gasteiger partial charge on any atom is -0.374 e. The van der Waals surface area contributed by atoms with Gasteiger partial charge in [0, 0.05) is 5.54 Å². The van der Waals surface area contributed by atoms with Crippen molar-refractivity contribution in [3.8, 4) is 0 Å². The molecule has 0 spiro atoms. The van der Waals surface area contributed by atoms with E-state index in [2.05, 4.69) is 21.2 Å². The summed E-state index contributed by atoms with van der Waals surface area (Å²) in [5, 5.41) is 14.0. The van der Waals surface area contributed by atoms with Crippen molar-refractivity contribution >= 4 is 27.3 Å². The van der Waals surface area contributed by atoms with Crippen molar-refractivity contribution in [3.05, 3.63) is 32.5 Å². The first-order valence-electron chi connectivity index (χ1n) is 5.33. The number of nitrogens with zero attached hydrogens (tertiary/aromatic N) is 1. The second-order valence-corrected chi connectivity index (χ2v) is 5.43. The lowest BCUT2D eigenvalue weighted by Gasteiger charge is -2.39. The molecule has 1 aliphatic carbocycles. The zero-order valence-electron chi connectivity index (χ0n) is 9.30. The Morgan fingerprint density at radius 2 is 2.18 bits per heavy atom. The number of hydrogen-bond acceptors (Lipinski definition) is 3.